The highest BCUT2D eigenvalue weighted by Crippen LogP contribution is 2.61. The maximum atomic E-state index is 14.3. The smallest absolute Gasteiger partial charge is 0.419 e. The zero-order valence-corrected chi connectivity index (χ0v) is 27.6. The third kappa shape index (κ3) is 6.28. The third-order valence-corrected chi connectivity index (χ3v) is 9.66. The average Bonchev–Trinajstić information content (AvgIpc) is 3.42. The molecule has 3 fully saturated rings. The molecule has 47 heavy (non-hydrogen) atoms. The van der Waals surface area contributed by atoms with Crippen molar-refractivity contribution in [1.82, 2.24) is 9.47 Å². The molecule has 0 unspecified atom stereocenters. The van der Waals surface area contributed by atoms with Gasteiger partial charge in [0.25, 0.3) is 5.92 Å². The summed E-state index contributed by atoms with van der Waals surface area (Å²) in [6, 6.07) is 8.19. The molecule has 0 radical (unpaired) electrons. The van der Waals surface area contributed by atoms with Crippen molar-refractivity contribution in [2.75, 3.05) is 38.8 Å². The largest absolute Gasteiger partial charge is 0.496 e. The monoisotopic (exact) mass is 659 g/mol. The lowest BCUT2D eigenvalue weighted by Crippen LogP contribution is -2.57. The molecular weight excluding hydrogens is 618 g/mol. The van der Waals surface area contributed by atoms with E-state index in [2.05, 4.69) is 4.90 Å². The Balaban J connectivity index is 1.43. The van der Waals surface area contributed by atoms with Gasteiger partial charge < -0.3 is 19.1 Å². The number of halogens is 4. The highest BCUT2D eigenvalue weighted by molar-refractivity contribution is 5.95. The van der Waals surface area contributed by atoms with Gasteiger partial charge in [0, 0.05) is 48.3 Å². The Labute approximate surface area is 271 Å². The first-order valence-corrected chi connectivity index (χ1v) is 15.8. The van der Waals surface area contributed by atoms with Crippen molar-refractivity contribution in [1.29, 1.82) is 0 Å². The van der Waals surface area contributed by atoms with Gasteiger partial charge in [0.1, 0.15) is 11.4 Å². The number of fused-ring (bicyclic) bond motifs is 1. The number of nitrogens with zero attached hydrogens (tertiary/aromatic N) is 3. The lowest BCUT2D eigenvalue weighted by atomic mass is 9.58. The summed E-state index contributed by atoms with van der Waals surface area (Å²) in [6.07, 6.45) is 1.65. The highest BCUT2D eigenvalue weighted by Gasteiger charge is 2.59. The molecule has 8 nitrogen and oxygen atoms in total. The van der Waals surface area contributed by atoms with Crippen LogP contribution in [0.15, 0.2) is 36.5 Å². The van der Waals surface area contributed by atoms with E-state index >= 15 is 0 Å². The first kappa shape index (κ1) is 33.1. The molecule has 6 rings (SSSR count). The maximum Gasteiger partial charge on any atom is 0.419 e. The van der Waals surface area contributed by atoms with Gasteiger partial charge in [-0.15, -0.1) is 0 Å². The molecule has 12 heteroatoms. The number of hydrogen-bond acceptors (Lipinski definition) is 7. The average molecular weight is 660 g/mol. The molecule has 3 heterocycles. The molecular formula is C35H41F4N3O5. The molecule has 2 aliphatic heterocycles. The van der Waals surface area contributed by atoms with Gasteiger partial charge >= 0.3 is 12.1 Å². The summed E-state index contributed by atoms with van der Waals surface area (Å²) in [5, 5.41) is 0.783. The van der Waals surface area contributed by atoms with E-state index in [0.29, 0.717) is 48.4 Å². The second-order valence-corrected chi connectivity index (χ2v) is 14.4. The van der Waals surface area contributed by atoms with Crippen LogP contribution in [0.5, 0.6) is 5.75 Å². The number of rotatable bonds is 6. The number of esters is 1. The predicted molar refractivity (Wildman–Crippen MR) is 169 cm³/mol. The molecule has 1 saturated carbocycles. The van der Waals surface area contributed by atoms with Gasteiger partial charge in [-0.25, -0.2) is 27.2 Å². The molecule has 0 bridgehead atoms. The van der Waals surface area contributed by atoms with E-state index in [1.54, 1.807) is 52.3 Å². The number of aromatic nitrogens is 1. The summed E-state index contributed by atoms with van der Waals surface area (Å²) in [4.78, 5) is 29.3. The van der Waals surface area contributed by atoms with Gasteiger partial charge in [-0.3, -0.25) is 9.47 Å². The Kier molecular flexibility index (Phi) is 8.05. The molecule has 254 valence electrons. The number of piperidine rings is 1. The van der Waals surface area contributed by atoms with Gasteiger partial charge in [0.05, 0.1) is 38.4 Å². The number of alkyl halides is 4. The Morgan fingerprint density at radius 1 is 1.00 bits per heavy atom. The topological polar surface area (TPSA) is 73.2 Å². The second kappa shape index (κ2) is 11.4. The highest BCUT2D eigenvalue weighted by atomic mass is 19.3. The van der Waals surface area contributed by atoms with Gasteiger partial charge in [-0.1, -0.05) is 6.07 Å². The zero-order valence-electron chi connectivity index (χ0n) is 27.6. The van der Waals surface area contributed by atoms with E-state index in [1.165, 1.54) is 16.6 Å². The van der Waals surface area contributed by atoms with E-state index in [1.807, 2.05) is 19.1 Å². The molecule has 2 aromatic carbocycles. The third-order valence-electron chi connectivity index (χ3n) is 9.66. The lowest BCUT2D eigenvalue weighted by Gasteiger charge is -2.55. The van der Waals surface area contributed by atoms with Gasteiger partial charge in [0.2, 0.25) is 5.92 Å². The molecule has 2 saturated heterocycles. The van der Waals surface area contributed by atoms with Crippen LogP contribution in [0.3, 0.4) is 0 Å². The summed E-state index contributed by atoms with van der Waals surface area (Å²) in [6.45, 7) is 7.07. The Bertz CT molecular complexity index is 1710. The SMILES string of the molecule is COC(=O)c1ccc([C@@H]2CC3(CCN2Cc2c(OC)cc(C)c4c2ccn4C(=O)OC(C)(C)C)CC(F)(F)C3)c(N2CC(F)(F)C2)c1. The van der Waals surface area contributed by atoms with Crippen LogP contribution in [0.25, 0.3) is 10.9 Å². The van der Waals surface area contributed by atoms with Gasteiger partial charge in [-0.2, -0.15) is 0 Å². The number of benzene rings is 2. The minimum absolute atomic E-state index is 0.221. The van der Waals surface area contributed by atoms with Crippen LogP contribution in [0.1, 0.15) is 79.5 Å². The predicted octanol–water partition coefficient (Wildman–Crippen LogP) is 7.74. The fourth-order valence-electron chi connectivity index (χ4n) is 7.64. The van der Waals surface area contributed by atoms with Crippen molar-refractivity contribution in [2.24, 2.45) is 5.41 Å². The first-order chi connectivity index (χ1) is 21.9. The fourth-order valence-corrected chi connectivity index (χ4v) is 7.64. The van der Waals surface area contributed by atoms with Crippen LogP contribution in [0, 0.1) is 12.3 Å². The molecule has 1 aliphatic carbocycles. The number of likely N-dealkylation sites (tertiary alicyclic amines) is 1. The molecule has 1 atom stereocenters. The Morgan fingerprint density at radius 2 is 1.70 bits per heavy atom. The summed E-state index contributed by atoms with van der Waals surface area (Å²) in [5.74, 6) is -5.60. The van der Waals surface area contributed by atoms with E-state index < -0.39 is 54.1 Å². The van der Waals surface area contributed by atoms with Crippen LogP contribution < -0.4 is 9.64 Å². The second-order valence-electron chi connectivity index (χ2n) is 14.4. The number of aryl methyl sites for hydroxylation is 1. The van der Waals surface area contributed by atoms with Crippen molar-refractivity contribution >= 4 is 28.7 Å². The van der Waals surface area contributed by atoms with Gasteiger partial charge in [-0.05, 0) is 87.9 Å². The van der Waals surface area contributed by atoms with E-state index in [4.69, 9.17) is 14.2 Å². The number of methoxy groups -OCH3 is 2. The number of ether oxygens (including phenoxy) is 3. The minimum atomic E-state index is -2.87. The molecule has 1 aromatic heterocycles. The summed E-state index contributed by atoms with van der Waals surface area (Å²) in [7, 11) is 2.82. The maximum absolute atomic E-state index is 14.3. The normalized spacial score (nSPS) is 21.7. The van der Waals surface area contributed by atoms with Crippen LogP contribution in [-0.2, 0) is 16.0 Å². The lowest BCUT2D eigenvalue weighted by molar-refractivity contribution is -0.186. The van der Waals surface area contributed by atoms with Crippen molar-refractivity contribution in [3.8, 4) is 5.75 Å². The first-order valence-electron chi connectivity index (χ1n) is 15.8. The Morgan fingerprint density at radius 3 is 2.30 bits per heavy atom. The fraction of sp³-hybridized carbons (Fsp3) is 0.543. The molecule has 1 spiro atoms. The van der Waals surface area contributed by atoms with Crippen LogP contribution >= 0.6 is 0 Å². The summed E-state index contributed by atoms with van der Waals surface area (Å²) < 4.78 is 74.9. The van der Waals surface area contributed by atoms with Crippen molar-refractivity contribution in [3.63, 3.8) is 0 Å². The number of hydrogen-bond donors (Lipinski definition) is 0. The van der Waals surface area contributed by atoms with Crippen molar-refractivity contribution < 1.29 is 41.4 Å². The van der Waals surface area contributed by atoms with Gasteiger partial charge in [0.15, 0.2) is 0 Å². The quantitative estimate of drug-likeness (QED) is 0.198. The number of carbonyl (C=O) groups is 2. The van der Waals surface area contributed by atoms with Crippen molar-refractivity contribution in [2.45, 2.75) is 83.4 Å². The van der Waals surface area contributed by atoms with Crippen LogP contribution in [0.2, 0.25) is 0 Å². The number of carbonyl (C=O) groups excluding carboxylic acids is 2. The molecule has 0 amide bonds. The summed E-state index contributed by atoms with van der Waals surface area (Å²) >= 11 is 0. The van der Waals surface area contributed by atoms with E-state index in [-0.39, 0.29) is 18.4 Å². The van der Waals surface area contributed by atoms with E-state index in [0.717, 1.165) is 16.5 Å². The minimum Gasteiger partial charge on any atom is -0.496 e. The van der Waals surface area contributed by atoms with E-state index in [9.17, 15) is 27.2 Å². The number of anilines is 1. The molecule has 3 aliphatic rings. The van der Waals surface area contributed by atoms with Crippen LogP contribution in [0.4, 0.5) is 28.0 Å². The summed E-state index contributed by atoms with van der Waals surface area (Å²) in [5.41, 5.74) is 2.37. The standard InChI is InChI=1S/C35H41F4N3O5/c1-21-13-28(45-5)25(23-9-11-42(29(21)23)31(44)47-32(2,3)4)16-40-12-10-33(17-34(36,37)18-33)15-27(40)24-8-7-22(30(43)46-6)14-26(24)41-19-35(38,39)20-41/h7-9,11,13-14,27H,10,12,15-20H2,1-6H3/t27-/m0/s1. The molecule has 0 N–H and O–H groups in total. The molecule has 3 aromatic rings. The Hall–Kier alpha value is -3.80. The van der Waals surface area contributed by atoms with Crippen LogP contribution in [-0.4, -0.2) is 72.8 Å². The van der Waals surface area contributed by atoms with Crippen molar-refractivity contribution in [3.05, 3.63) is 58.8 Å². The zero-order chi connectivity index (χ0) is 34.1.